The number of benzene rings is 1. The molecule has 0 aliphatic carbocycles. The SMILES string of the molecule is [CH2]Cc1ccccc1OC1CCCCO1. The fourth-order valence-electron chi connectivity index (χ4n) is 1.77. The Morgan fingerprint density at radius 1 is 1.33 bits per heavy atom. The highest BCUT2D eigenvalue weighted by Crippen LogP contribution is 2.23. The predicted molar refractivity (Wildman–Crippen MR) is 59.7 cm³/mol. The van der Waals surface area contributed by atoms with Gasteiger partial charge < -0.3 is 9.47 Å². The molecule has 1 heterocycles. The molecular formula is C13H17O2. The van der Waals surface area contributed by atoms with Gasteiger partial charge in [0, 0.05) is 6.42 Å². The van der Waals surface area contributed by atoms with Crippen molar-refractivity contribution in [1.29, 1.82) is 0 Å². The van der Waals surface area contributed by atoms with Gasteiger partial charge in [0.1, 0.15) is 5.75 Å². The minimum atomic E-state index is -0.0635. The lowest BCUT2D eigenvalue weighted by atomic mass is 10.1. The fraction of sp³-hybridized carbons (Fsp3) is 0.462. The number of para-hydroxylation sites is 1. The van der Waals surface area contributed by atoms with Crippen LogP contribution in [0.5, 0.6) is 5.75 Å². The Balaban J connectivity index is 2.02. The Kier molecular flexibility index (Phi) is 3.62. The van der Waals surface area contributed by atoms with E-state index in [0.29, 0.717) is 0 Å². The molecule has 2 nitrogen and oxygen atoms in total. The summed E-state index contributed by atoms with van der Waals surface area (Å²) in [5.74, 6) is 0.916. The minimum absolute atomic E-state index is 0.0635. The molecule has 1 atom stereocenters. The summed E-state index contributed by atoms with van der Waals surface area (Å²) < 4.78 is 11.4. The van der Waals surface area contributed by atoms with Crippen LogP contribution in [0.15, 0.2) is 24.3 Å². The zero-order chi connectivity index (χ0) is 10.5. The molecule has 0 aromatic heterocycles. The molecule has 1 aliphatic rings. The third-order valence-electron chi connectivity index (χ3n) is 2.64. The van der Waals surface area contributed by atoms with Crippen LogP contribution in [-0.4, -0.2) is 12.9 Å². The first kappa shape index (κ1) is 10.5. The molecule has 81 valence electrons. The van der Waals surface area contributed by atoms with E-state index >= 15 is 0 Å². The molecule has 0 spiro atoms. The zero-order valence-electron chi connectivity index (χ0n) is 8.95. The van der Waals surface area contributed by atoms with E-state index < -0.39 is 0 Å². The maximum absolute atomic E-state index is 5.82. The van der Waals surface area contributed by atoms with Crippen molar-refractivity contribution in [1.82, 2.24) is 0 Å². The van der Waals surface area contributed by atoms with Gasteiger partial charge in [-0.1, -0.05) is 18.2 Å². The number of hydrogen-bond acceptors (Lipinski definition) is 2. The van der Waals surface area contributed by atoms with Gasteiger partial charge in [-0.3, -0.25) is 0 Å². The standard InChI is InChI=1S/C13H17O2/c1-2-11-7-3-4-8-12(11)15-13-9-5-6-10-14-13/h3-4,7-8,13H,1-2,5-6,9-10H2. The molecule has 15 heavy (non-hydrogen) atoms. The molecule has 1 fully saturated rings. The van der Waals surface area contributed by atoms with E-state index in [2.05, 4.69) is 6.92 Å². The molecular weight excluding hydrogens is 188 g/mol. The van der Waals surface area contributed by atoms with Crippen molar-refractivity contribution in [2.24, 2.45) is 0 Å². The van der Waals surface area contributed by atoms with Gasteiger partial charge in [0.15, 0.2) is 6.29 Å². The summed E-state index contributed by atoms with van der Waals surface area (Å²) in [6.45, 7) is 4.71. The van der Waals surface area contributed by atoms with Gasteiger partial charge >= 0.3 is 0 Å². The molecule has 0 bridgehead atoms. The summed E-state index contributed by atoms with van der Waals surface area (Å²) in [6, 6.07) is 8.02. The van der Waals surface area contributed by atoms with Crippen LogP contribution in [0.3, 0.4) is 0 Å². The second-order valence-electron chi connectivity index (χ2n) is 3.77. The Labute approximate surface area is 91.2 Å². The monoisotopic (exact) mass is 205 g/mol. The van der Waals surface area contributed by atoms with Gasteiger partial charge in [0.25, 0.3) is 0 Å². The third-order valence-corrected chi connectivity index (χ3v) is 2.64. The van der Waals surface area contributed by atoms with E-state index in [4.69, 9.17) is 9.47 Å². The van der Waals surface area contributed by atoms with Gasteiger partial charge in [-0.25, -0.2) is 0 Å². The van der Waals surface area contributed by atoms with Crippen LogP contribution >= 0.6 is 0 Å². The maximum atomic E-state index is 5.82. The zero-order valence-corrected chi connectivity index (χ0v) is 8.95. The summed E-state index contributed by atoms with van der Waals surface area (Å²) in [6.07, 6.45) is 4.02. The van der Waals surface area contributed by atoms with Gasteiger partial charge in [-0.15, -0.1) is 0 Å². The van der Waals surface area contributed by atoms with Crippen LogP contribution in [0.2, 0.25) is 0 Å². The molecule has 1 aliphatic heterocycles. The number of rotatable bonds is 3. The Morgan fingerprint density at radius 2 is 2.20 bits per heavy atom. The lowest BCUT2D eigenvalue weighted by molar-refractivity contribution is -0.106. The van der Waals surface area contributed by atoms with Crippen molar-refractivity contribution < 1.29 is 9.47 Å². The van der Waals surface area contributed by atoms with E-state index in [0.717, 1.165) is 37.2 Å². The highest BCUT2D eigenvalue weighted by molar-refractivity contribution is 5.33. The van der Waals surface area contributed by atoms with Crippen LogP contribution < -0.4 is 4.74 Å². The average molecular weight is 205 g/mol. The van der Waals surface area contributed by atoms with Crippen LogP contribution in [0.25, 0.3) is 0 Å². The molecule has 2 heteroatoms. The number of hydrogen-bond donors (Lipinski definition) is 0. The van der Waals surface area contributed by atoms with Gasteiger partial charge in [-0.05, 0) is 37.8 Å². The molecule has 1 aromatic carbocycles. The van der Waals surface area contributed by atoms with Crippen molar-refractivity contribution in [3.05, 3.63) is 36.8 Å². The van der Waals surface area contributed by atoms with Gasteiger partial charge in [0.2, 0.25) is 0 Å². The second-order valence-corrected chi connectivity index (χ2v) is 3.77. The molecule has 0 saturated carbocycles. The van der Waals surface area contributed by atoms with Crippen molar-refractivity contribution in [3.63, 3.8) is 0 Å². The van der Waals surface area contributed by atoms with Crippen molar-refractivity contribution in [2.75, 3.05) is 6.61 Å². The smallest absolute Gasteiger partial charge is 0.199 e. The second kappa shape index (κ2) is 5.17. The van der Waals surface area contributed by atoms with Crippen molar-refractivity contribution >= 4 is 0 Å². The fourth-order valence-corrected chi connectivity index (χ4v) is 1.77. The molecule has 1 saturated heterocycles. The van der Waals surface area contributed by atoms with E-state index in [-0.39, 0.29) is 6.29 Å². The third kappa shape index (κ3) is 2.72. The van der Waals surface area contributed by atoms with E-state index in [1.807, 2.05) is 24.3 Å². The van der Waals surface area contributed by atoms with E-state index in [1.165, 1.54) is 6.42 Å². The topological polar surface area (TPSA) is 18.5 Å². The summed E-state index contributed by atoms with van der Waals surface area (Å²) >= 11 is 0. The lowest BCUT2D eigenvalue weighted by Gasteiger charge is -2.24. The van der Waals surface area contributed by atoms with E-state index in [9.17, 15) is 0 Å². The number of ether oxygens (including phenoxy) is 2. The maximum Gasteiger partial charge on any atom is 0.199 e. The molecule has 1 radical (unpaired) electrons. The first-order chi connectivity index (χ1) is 7.40. The molecule has 0 amide bonds. The summed E-state index contributed by atoms with van der Waals surface area (Å²) in [7, 11) is 0. The van der Waals surface area contributed by atoms with E-state index in [1.54, 1.807) is 0 Å². The quantitative estimate of drug-likeness (QED) is 0.755. The first-order valence-electron chi connectivity index (χ1n) is 5.55. The molecule has 1 aromatic rings. The van der Waals surface area contributed by atoms with Crippen molar-refractivity contribution in [3.8, 4) is 5.75 Å². The van der Waals surface area contributed by atoms with Crippen LogP contribution in [-0.2, 0) is 11.2 Å². The summed E-state index contributed by atoms with van der Waals surface area (Å²) in [5, 5.41) is 0. The normalized spacial score (nSPS) is 21.3. The van der Waals surface area contributed by atoms with Crippen LogP contribution in [0.4, 0.5) is 0 Å². The lowest BCUT2D eigenvalue weighted by Crippen LogP contribution is -2.25. The van der Waals surface area contributed by atoms with Crippen molar-refractivity contribution in [2.45, 2.75) is 32.0 Å². The highest BCUT2D eigenvalue weighted by atomic mass is 16.7. The van der Waals surface area contributed by atoms with Gasteiger partial charge in [0.05, 0.1) is 6.61 Å². The largest absolute Gasteiger partial charge is 0.465 e. The minimum Gasteiger partial charge on any atom is -0.465 e. The first-order valence-corrected chi connectivity index (χ1v) is 5.55. The van der Waals surface area contributed by atoms with Gasteiger partial charge in [-0.2, -0.15) is 0 Å². The summed E-state index contributed by atoms with van der Waals surface area (Å²) in [4.78, 5) is 0. The highest BCUT2D eigenvalue weighted by Gasteiger charge is 2.15. The Morgan fingerprint density at radius 3 is 2.93 bits per heavy atom. The summed E-state index contributed by atoms with van der Waals surface area (Å²) in [5.41, 5.74) is 1.15. The molecule has 0 N–H and O–H groups in total. The van der Waals surface area contributed by atoms with Crippen LogP contribution in [0.1, 0.15) is 24.8 Å². The molecule has 2 rings (SSSR count). The Hall–Kier alpha value is -1.02. The predicted octanol–water partition coefficient (Wildman–Crippen LogP) is 2.97. The average Bonchev–Trinajstić information content (AvgIpc) is 2.31. The Bertz CT molecular complexity index is 303. The molecule has 1 unspecified atom stereocenters. The van der Waals surface area contributed by atoms with Crippen LogP contribution in [0, 0.1) is 6.92 Å².